The third kappa shape index (κ3) is 4.84. The lowest BCUT2D eigenvalue weighted by atomic mass is 9.91. The Labute approximate surface area is 208 Å². The first-order valence-electron chi connectivity index (χ1n) is 11.2. The van der Waals surface area contributed by atoms with Gasteiger partial charge in [0.15, 0.2) is 23.9 Å². The summed E-state index contributed by atoms with van der Waals surface area (Å²) in [4.78, 5) is 51.6. The van der Waals surface area contributed by atoms with Gasteiger partial charge in [0.25, 0.3) is 11.8 Å². The molecule has 0 fully saturated rings. The van der Waals surface area contributed by atoms with Crippen molar-refractivity contribution in [1.82, 2.24) is 0 Å². The fraction of sp³-hybridized carbons (Fsp3) is 0.214. The molecule has 2 amide bonds. The lowest BCUT2D eigenvalue weighted by molar-refractivity contribution is -0.129. The minimum absolute atomic E-state index is 0.0824. The van der Waals surface area contributed by atoms with E-state index in [1.165, 1.54) is 18.2 Å². The first-order valence-corrected chi connectivity index (χ1v) is 11.2. The molecule has 36 heavy (non-hydrogen) atoms. The maximum absolute atomic E-state index is 13.1. The van der Waals surface area contributed by atoms with E-state index in [0.29, 0.717) is 22.9 Å². The van der Waals surface area contributed by atoms with Crippen molar-refractivity contribution in [2.45, 2.75) is 20.8 Å². The molecule has 3 aromatic carbocycles. The number of hydrogen-bond acceptors (Lipinski definition) is 7. The van der Waals surface area contributed by atoms with Crippen molar-refractivity contribution in [3.63, 3.8) is 0 Å². The van der Waals surface area contributed by atoms with Gasteiger partial charge in [0.2, 0.25) is 0 Å². The van der Waals surface area contributed by atoms with Crippen LogP contribution in [0.25, 0.3) is 0 Å². The summed E-state index contributed by atoms with van der Waals surface area (Å²) in [5.41, 5.74) is 0.0598. The maximum Gasteiger partial charge on any atom is 0.338 e. The van der Waals surface area contributed by atoms with Gasteiger partial charge >= 0.3 is 5.97 Å². The molecule has 1 heterocycles. The van der Waals surface area contributed by atoms with Gasteiger partial charge in [-0.15, -0.1) is 0 Å². The van der Waals surface area contributed by atoms with E-state index >= 15 is 0 Å². The van der Waals surface area contributed by atoms with Gasteiger partial charge in [-0.2, -0.15) is 0 Å². The van der Waals surface area contributed by atoms with Crippen LogP contribution in [0, 0.1) is 5.41 Å². The van der Waals surface area contributed by atoms with Crippen molar-refractivity contribution >= 4 is 29.3 Å². The van der Waals surface area contributed by atoms with Gasteiger partial charge < -0.3 is 14.2 Å². The summed E-state index contributed by atoms with van der Waals surface area (Å²) in [6.45, 7) is 4.82. The third-order valence-electron chi connectivity index (χ3n) is 5.68. The molecule has 4 rings (SSSR count). The maximum atomic E-state index is 13.1. The second-order valence-electron chi connectivity index (χ2n) is 9.20. The molecule has 0 radical (unpaired) electrons. The minimum atomic E-state index is -0.744. The number of carbonyl (C=O) groups excluding carboxylic acids is 4. The van der Waals surface area contributed by atoms with Gasteiger partial charge in [0.05, 0.1) is 29.5 Å². The van der Waals surface area contributed by atoms with Gasteiger partial charge in [-0.25, -0.2) is 9.69 Å². The van der Waals surface area contributed by atoms with E-state index < -0.39 is 23.2 Å². The summed E-state index contributed by atoms with van der Waals surface area (Å²) >= 11 is 0. The molecule has 3 aromatic rings. The molecule has 0 saturated carbocycles. The van der Waals surface area contributed by atoms with E-state index in [2.05, 4.69) is 0 Å². The summed E-state index contributed by atoms with van der Waals surface area (Å²) in [5.74, 6) is -0.449. The molecule has 184 valence electrons. The number of benzene rings is 3. The molecule has 0 aromatic heterocycles. The molecule has 0 spiro atoms. The topological polar surface area (TPSA) is 99.2 Å². The molecule has 8 nitrogen and oxygen atoms in total. The Bertz CT molecular complexity index is 1350. The minimum Gasteiger partial charge on any atom is -0.493 e. The van der Waals surface area contributed by atoms with E-state index in [-0.39, 0.29) is 29.1 Å². The quantitative estimate of drug-likeness (QED) is 0.339. The number of carbonyl (C=O) groups is 4. The van der Waals surface area contributed by atoms with E-state index in [0.717, 1.165) is 4.90 Å². The van der Waals surface area contributed by atoms with Crippen LogP contribution in [0.5, 0.6) is 17.2 Å². The van der Waals surface area contributed by atoms with Crippen molar-refractivity contribution in [1.29, 1.82) is 0 Å². The monoisotopic (exact) mass is 487 g/mol. The van der Waals surface area contributed by atoms with E-state index in [1.807, 2.05) is 12.1 Å². The number of rotatable bonds is 7. The number of nitrogens with zero attached hydrogens (tertiary/aromatic N) is 1. The van der Waals surface area contributed by atoms with Crippen LogP contribution in [0.4, 0.5) is 5.69 Å². The zero-order chi connectivity index (χ0) is 26.0. The summed E-state index contributed by atoms with van der Waals surface area (Å²) < 4.78 is 16.2. The number of methoxy groups -OCH3 is 1. The number of fused-ring (bicyclic) bond motifs is 1. The average molecular weight is 488 g/mol. The van der Waals surface area contributed by atoms with Gasteiger partial charge in [-0.05, 0) is 54.6 Å². The number of amides is 2. The summed E-state index contributed by atoms with van der Waals surface area (Å²) in [5, 5.41) is 0. The van der Waals surface area contributed by atoms with Crippen LogP contribution in [0.1, 0.15) is 51.8 Å². The Balaban J connectivity index is 1.50. The summed E-state index contributed by atoms with van der Waals surface area (Å²) in [6.07, 6.45) is 0. The number of ketones is 1. The zero-order valence-electron chi connectivity index (χ0n) is 20.4. The number of ether oxygens (including phenoxy) is 3. The second kappa shape index (κ2) is 9.65. The largest absolute Gasteiger partial charge is 0.493 e. The van der Waals surface area contributed by atoms with Crippen LogP contribution in [0.15, 0.2) is 66.7 Å². The smallest absolute Gasteiger partial charge is 0.338 e. The lowest BCUT2D eigenvalue weighted by Gasteiger charge is -2.16. The molecule has 0 N–H and O–H groups in total. The van der Waals surface area contributed by atoms with Crippen molar-refractivity contribution in [2.75, 3.05) is 18.6 Å². The lowest BCUT2D eigenvalue weighted by Crippen LogP contribution is -2.29. The molecule has 0 unspecified atom stereocenters. The normalized spacial score (nSPS) is 12.8. The first-order chi connectivity index (χ1) is 17.1. The van der Waals surface area contributed by atoms with Crippen LogP contribution >= 0.6 is 0 Å². The molecule has 0 saturated heterocycles. The van der Waals surface area contributed by atoms with Crippen molar-refractivity contribution in [3.05, 3.63) is 83.4 Å². The molecule has 0 bridgehead atoms. The van der Waals surface area contributed by atoms with Crippen molar-refractivity contribution in [2.24, 2.45) is 5.41 Å². The molecule has 0 aliphatic carbocycles. The molecule has 1 aliphatic rings. The van der Waals surface area contributed by atoms with Crippen molar-refractivity contribution in [3.8, 4) is 17.2 Å². The number of imide groups is 1. The van der Waals surface area contributed by atoms with E-state index in [1.54, 1.807) is 64.3 Å². The molecular formula is C28H25NO7. The van der Waals surface area contributed by atoms with Crippen LogP contribution in [-0.2, 0) is 9.53 Å². The number of esters is 1. The SMILES string of the molecule is COc1ccccc1Oc1ccc(N2C(=O)c3ccc(C(=O)OCC(=O)C(C)(C)C)cc3C2=O)cc1. The predicted octanol–water partition coefficient (Wildman–Crippen LogP) is 5.06. The number of para-hydroxylation sites is 2. The van der Waals surface area contributed by atoms with Gasteiger partial charge in [-0.3, -0.25) is 14.4 Å². The van der Waals surface area contributed by atoms with Gasteiger partial charge in [-0.1, -0.05) is 32.9 Å². The summed E-state index contributed by atoms with van der Waals surface area (Å²) in [6, 6.07) is 17.8. The van der Waals surface area contributed by atoms with Crippen LogP contribution in [-0.4, -0.2) is 37.3 Å². The van der Waals surface area contributed by atoms with Gasteiger partial charge in [0.1, 0.15) is 5.75 Å². The molecular weight excluding hydrogens is 462 g/mol. The molecule has 8 heteroatoms. The first kappa shape index (κ1) is 24.7. The summed E-state index contributed by atoms with van der Waals surface area (Å²) in [7, 11) is 1.55. The fourth-order valence-corrected chi connectivity index (χ4v) is 3.53. The zero-order valence-corrected chi connectivity index (χ0v) is 20.4. The predicted molar refractivity (Wildman–Crippen MR) is 132 cm³/mol. The molecule has 1 aliphatic heterocycles. The number of Topliss-reactive ketones (excluding diaryl/α,β-unsaturated/α-hetero) is 1. The number of hydrogen-bond donors (Lipinski definition) is 0. The van der Waals surface area contributed by atoms with Crippen LogP contribution < -0.4 is 14.4 Å². The highest BCUT2D eigenvalue weighted by molar-refractivity contribution is 6.34. The second-order valence-corrected chi connectivity index (χ2v) is 9.20. The highest BCUT2D eigenvalue weighted by Gasteiger charge is 2.37. The Kier molecular flexibility index (Phi) is 6.61. The van der Waals surface area contributed by atoms with Crippen molar-refractivity contribution < 1.29 is 33.4 Å². The van der Waals surface area contributed by atoms with Crippen LogP contribution in [0.3, 0.4) is 0 Å². The average Bonchev–Trinajstić information content (AvgIpc) is 3.11. The Morgan fingerprint density at radius 3 is 2.11 bits per heavy atom. The Hall–Kier alpha value is -4.46. The Morgan fingerprint density at radius 2 is 1.47 bits per heavy atom. The highest BCUT2D eigenvalue weighted by atomic mass is 16.5. The Morgan fingerprint density at radius 1 is 0.833 bits per heavy atom. The standard InChI is InChI=1S/C28H25NO7/c1-28(2,3)24(30)16-35-27(33)17-9-14-20-21(15-17)26(32)29(25(20)31)18-10-12-19(13-11-18)36-23-8-6-5-7-22(23)34-4/h5-15H,16H2,1-4H3. The fourth-order valence-electron chi connectivity index (χ4n) is 3.53. The number of anilines is 1. The van der Waals surface area contributed by atoms with Gasteiger partial charge in [0, 0.05) is 5.41 Å². The highest BCUT2D eigenvalue weighted by Crippen LogP contribution is 2.34. The van der Waals surface area contributed by atoms with E-state index in [4.69, 9.17) is 14.2 Å². The van der Waals surface area contributed by atoms with Crippen LogP contribution in [0.2, 0.25) is 0 Å². The van der Waals surface area contributed by atoms with E-state index in [9.17, 15) is 19.2 Å². The third-order valence-corrected chi connectivity index (χ3v) is 5.68. The molecule has 0 atom stereocenters.